The Morgan fingerprint density at radius 1 is 1.21 bits per heavy atom. The van der Waals surface area contributed by atoms with E-state index in [9.17, 15) is 4.79 Å². The highest BCUT2D eigenvalue weighted by Crippen LogP contribution is 2.29. The first-order chi connectivity index (χ1) is 13.3. The van der Waals surface area contributed by atoms with Crippen LogP contribution in [0, 0.1) is 0 Å². The van der Waals surface area contributed by atoms with Crippen LogP contribution < -0.4 is 0 Å². The zero-order valence-electron chi connectivity index (χ0n) is 16.1. The second-order valence-electron chi connectivity index (χ2n) is 7.35. The van der Waals surface area contributed by atoms with E-state index in [1.54, 1.807) is 18.2 Å². The number of nitrogens with zero attached hydrogens (tertiary/aromatic N) is 3. The summed E-state index contributed by atoms with van der Waals surface area (Å²) < 4.78 is 2.60. The predicted molar refractivity (Wildman–Crippen MR) is 119 cm³/mol. The number of aromatic nitrogens is 3. The Hall–Kier alpha value is -1.89. The summed E-state index contributed by atoms with van der Waals surface area (Å²) in [4.78, 5) is 13.0. The van der Waals surface area contributed by atoms with Gasteiger partial charge in [0.2, 0.25) is 0 Å². The molecule has 0 saturated carbocycles. The van der Waals surface area contributed by atoms with Gasteiger partial charge in [0.25, 0.3) is 0 Å². The molecule has 0 aliphatic heterocycles. The molecular weight excluding hydrogens is 410 g/mol. The Labute approximate surface area is 178 Å². The Morgan fingerprint density at radius 3 is 2.50 bits per heavy atom. The van der Waals surface area contributed by atoms with E-state index < -0.39 is 0 Å². The number of hydrogen-bond donors (Lipinski definition) is 0. The summed E-state index contributed by atoms with van der Waals surface area (Å²) in [5, 5.41) is 9.37. The molecule has 0 bridgehead atoms. The number of thioether (sulfide) groups is 1. The van der Waals surface area contributed by atoms with Crippen molar-refractivity contribution in [2.45, 2.75) is 37.9 Å². The lowest BCUT2D eigenvalue weighted by atomic mass is 9.87. The highest BCUT2D eigenvalue weighted by molar-refractivity contribution is 7.99. The summed E-state index contributed by atoms with van der Waals surface area (Å²) in [6, 6.07) is 11.9. The third kappa shape index (κ3) is 4.74. The minimum absolute atomic E-state index is 0.0335. The van der Waals surface area contributed by atoms with Gasteiger partial charge in [-0.15, -0.1) is 28.1 Å². The monoisotopic (exact) mass is 431 g/mol. The lowest BCUT2D eigenvalue weighted by Crippen LogP contribution is -2.10. The van der Waals surface area contributed by atoms with Crippen molar-refractivity contribution in [2.24, 2.45) is 0 Å². The lowest BCUT2D eigenvalue weighted by Gasteiger charge is -2.19. The van der Waals surface area contributed by atoms with E-state index >= 15 is 0 Å². The Balaban J connectivity index is 1.81. The van der Waals surface area contributed by atoms with Gasteiger partial charge in [0.05, 0.1) is 15.0 Å². The fraction of sp³-hybridized carbons (Fsp3) is 0.286. The van der Waals surface area contributed by atoms with Gasteiger partial charge in [0, 0.05) is 12.1 Å². The van der Waals surface area contributed by atoms with Gasteiger partial charge >= 0.3 is 0 Å². The number of carbonyl (C=O) groups excluding carboxylic acids is 1. The van der Waals surface area contributed by atoms with E-state index in [2.05, 4.69) is 61.8 Å². The van der Waals surface area contributed by atoms with Crippen LogP contribution in [0.5, 0.6) is 0 Å². The van der Waals surface area contributed by atoms with Crippen LogP contribution in [0.4, 0.5) is 0 Å². The first-order valence-electron chi connectivity index (χ1n) is 8.86. The Bertz CT molecular complexity index is 984. The van der Waals surface area contributed by atoms with Crippen LogP contribution in [0.1, 0.15) is 36.0 Å². The van der Waals surface area contributed by atoms with Gasteiger partial charge in [-0.05, 0) is 23.1 Å². The predicted octanol–water partition coefficient (Wildman–Crippen LogP) is 6.12. The number of carbonyl (C=O) groups is 1. The highest BCUT2D eigenvalue weighted by atomic mass is 35.5. The molecule has 2 aromatic heterocycles. The van der Waals surface area contributed by atoms with Crippen molar-refractivity contribution in [3.05, 3.63) is 63.8 Å². The molecule has 0 aliphatic rings. The van der Waals surface area contributed by atoms with Crippen molar-refractivity contribution in [2.75, 3.05) is 5.75 Å². The summed E-state index contributed by atoms with van der Waals surface area (Å²) in [6.07, 6.45) is 1.81. The molecule has 0 amide bonds. The average molecular weight is 432 g/mol. The maximum atomic E-state index is 12.4. The van der Waals surface area contributed by atoms with Crippen molar-refractivity contribution >= 4 is 40.5 Å². The molecule has 1 aromatic carbocycles. The molecule has 2 heterocycles. The Kier molecular flexibility index (Phi) is 6.43. The van der Waals surface area contributed by atoms with Crippen LogP contribution >= 0.6 is 34.7 Å². The zero-order valence-corrected chi connectivity index (χ0v) is 18.5. The largest absolute Gasteiger partial charge is 0.298 e. The molecule has 0 N–H and O–H groups in total. The van der Waals surface area contributed by atoms with Crippen molar-refractivity contribution in [1.29, 1.82) is 0 Å². The number of hydrogen-bond acceptors (Lipinski definition) is 5. The smallest absolute Gasteiger partial charge is 0.192 e. The minimum Gasteiger partial charge on any atom is -0.298 e. The maximum Gasteiger partial charge on any atom is 0.192 e. The van der Waals surface area contributed by atoms with Crippen LogP contribution in [0.25, 0.3) is 11.4 Å². The van der Waals surface area contributed by atoms with Gasteiger partial charge in [0.15, 0.2) is 16.8 Å². The average Bonchev–Trinajstić information content (AvgIpc) is 3.26. The van der Waals surface area contributed by atoms with E-state index in [1.165, 1.54) is 28.7 Å². The van der Waals surface area contributed by atoms with Gasteiger partial charge in [-0.3, -0.25) is 9.36 Å². The van der Waals surface area contributed by atoms with Crippen LogP contribution in [-0.4, -0.2) is 26.3 Å². The zero-order chi connectivity index (χ0) is 20.3. The molecule has 146 valence electrons. The standard InChI is InChI=1S/C21H22ClN3OS2/c1-5-12-25-19(14-6-8-15(9-7-14)21(2,3)4)23-24-20(25)27-13-16(26)17-10-11-18(22)28-17/h5-11H,1,12-13H2,2-4H3. The summed E-state index contributed by atoms with van der Waals surface area (Å²) in [5.74, 6) is 1.09. The number of thiophene rings is 1. The van der Waals surface area contributed by atoms with Crippen molar-refractivity contribution < 1.29 is 4.79 Å². The molecule has 0 radical (unpaired) electrons. The third-order valence-corrected chi connectivity index (χ3v) is 6.46. The fourth-order valence-corrected chi connectivity index (χ4v) is 4.59. The van der Waals surface area contributed by atoms with E-state index in [0.717, 1.165) is 11.4 Å². The number of ketones is 1. The van der Waals surface area contributed by atoms with E-state index in [0.29, 0.717) is 20.9 Å². The Morgan fingerprint density at radius 2 is 1.93 bits per heavy atom. The topological polar surface area (TPSA) is 47.8 Å². The summed E-state index contributed by atoms with van der Waals surface area (Å²) in [5.41, 5.74) is 2.35. The number of halogens is 1. The molecule has 3 aromatic rings. The fourth-order valence-electron chi connectivity index (χ4n) is 2.69. The number of benzene rings is 1. The second-order valence-corrected chi connectivity index (χ2v) is 10.0. The number of Topliss-reactive ketones (excluding diaryl/α,β-unsaturated/α-hetero) is 1. The van der Waals surface area contributed by atoms with Crippen LogP contribution in [0.15, 0.2) is 54.2 Å². The molecule has 3 rings (SSSR count). The van der Waals surface area contributed by atoms with Gasteiger partial charge in [-0.25, -0.2) is 0 Å². The maximum absolute atomic E-state index is 12.4. The lowest BCUT2D eigenvalue weighted by molar-refractivity contribution is 0.102. The number of rotatable bonds is 7. The molecule has 0 aliphatic carbocycles. The number of allylic oxidation sites excluding steroid dienone is 1. The molecule has 0 saturated heterocycles. The quantitative estimate of drug-likeness (QED) is 0.257. The molecular formula is C21H22ClN3OS2. The SMILES string of the molecule is C=CCn1c(SCC(=O)c2ccc(Cl)s2)nnc1-c1ccc(C(C)(C)C)cc1. The minimum atomic E-state index is 0.0335. The first-order valence-corrected chi connectivity index (χ1v) is 11.0. The van der Waals surface area contributed by atoms with Crippen molar-refractivity contribution in [1.82, 2.24) is 14.8 Å². The van der Waals surface area contributed by atoms with Crippen LogP contribution in [0.2, 0.25) is 4.34 Å². The van der Waals surface area contributed by atoms with Crippen LogP contribution in [0.3, 0.4) is 0 Å². The van der Waals surface area contributed by atoms with Gasteiger partial charge in [0.1, 0.15) is 0 Å². The third-order valence-electron chi connectivity index (χ3n) is 4.22. The molecule has 0 spiro atoms. The molecule has 0 atom stereocenters. The van der Waals surface area contributed by atoms with E-state index in [1.807, 2.05) is 4.57 Å². The van der Waals surface area contributed by atoms with Crippen LogP contribution in [-0.2, 0) is 12.0 Å². The second kappa shape index (κ2) is 8.64. The van der Waals surface area contributed by atoms with Crippen molar-refractivity contribution in [3.63, 3.8) is 0 Å². The first kappa shape index (κ1) is 20.8. The summed E-state index contributed by atoms with van der Waals surface area (Å²) >= 11 is 8.59. The highest BCUT2D eigenvalue weighted by Gasteiger charge is 2.18. The van der Waals surface area contributed by atoms with Gasteiger partial charge in [-0.1, -0.05) is 74.5 Å². The molecule has 28 heavy (non-hydrogen) atoms. The molecule has 7 heteroatoms. The summed E-state index contributed by atoms with van der Waals surface area (Å²) in [7, 11) is 0. The normalized spacial score (nSPS) is 11.6. The van der Waals surface area contributed by atoms with Crippen molar-refractivity contribution in [3.8, 4) is 11.4 Å². The van der Waals surface area contributed by atoms with Gasteiger partial charge < -0.3 is 0 Å². The molecule has 0 unspecified atom stereocenters. The van der Waals surface area contributed by atoms with E-state index in [4.69, 9.17) is 11.6 Å². The summed E-state index contributed by atoms with van der Waals surface area (Å²) in [6.45, 7) is 11.0. The van der Waals surface area contributed by atoms with Gasteiger partial charge in [-0.2, -0.15) is 0 Å². The molecule has 0 fully saturated rings. The van der Waals surface area contributed by atoms with E-state index in [-0.39, 0.29) is 17.0 Å². The molecule has 4 nitrogen and oxygen atoms in total.